The summed E-state index contributed by atoms with van der Waals surface area (Å²) in [7, 11) is 0. The minimum atomic E-state index is 1.04. The highest BCUT2D eigenvalue weighted by molar-refractivity contribution is 7.24. The zero-order valence-corrected chi connectivity index (χ0v) is 29.7. The molecule has 0 aliphatic heterocycles. The molecule has 6 rings (SSSR count). The van der Waals surface area contributed by atoms with Crippen LogP contribution in [0.4, 0.5) is 0 Å². The van der Waals surface area contributed by atoms with Crippen molar-refractivity contribution in [2.45, 2.75) is 91.9 Å². The summed E-state index contributed by atoms with van der Waals surface area (Å²) in [6, 6.07) is 18.6. The Labute approximate surface area is 276 Å². The van der Waals surface area contributed by atoms with Crippen LogP contribution in [0.2, 0.25) is 0 Å². The molecular weight excluding hydrogens is 621 g/mol. The van der Waals surface area contributed by atoms with Gasteiger partial charge < -0.3 is 0 Å². The van der Waals surface area contributed by atoms with Crippen LogP contribution in [0.15, 0.2) is 48.5 Å². The van der Waals surface area contributed by atoms with Crippen LogP contribution >= 0.6 is 57.1 Å². The van der Waals surface area contributed by atoms with Crippen molar-refractivity contribution < 1.29 is 0 Å². The average molecular weight is 661 g/mol. The minimum absolute atomic E-state index is 1.04. The van der Waals surface area contributed by atoms with E-state index in [4.69, 9.17) is 8.75 Å². The number of aryl methyl sites for hydroxylation is 4. The standard InChI is InChI=1S/C36H40N2S5/c1-5-7-9-11-13-25-21-31(41-35(25)29-19-15-23(3)39-29)27-17-18-28(34-33(27)37-43-38-34)32-22-26(14-12-10-8-6-2)36(42-32)30-20-16-24(4)40-30/h15-22H,5-14H2,1-4H3. The fourth-order valence-corrected chi connectivity index (χ4v) is 10.8. The molecule has 0 amide bonds. The van der Waals surface area contributed by atoms with Crippen LogP contribution < -0.4 is 0 Å². The Hall–Kier alpha value is -2.16. The van der Waals surface area contributed by atoms with Crippen LogP contribution in [-0.4, -0.2) is 8.75 Å². The number of aromatic nitrogens is 2. The third-order valence-electron chi connectivity index (χ3n) is 8.09. The molecule has 5 heterocycles. The van der Waals surface area contributed by atoms with Gasteiger partial charge in [-0.05, 0) is 87.1 Å². The summed E-state index contributed by atoms with van der Waals surface area (Å²) < 4.78 is 9.78. The molecule has 6 aromatic rings. The van der Waals surface area contributed by atoms with Crippen LogP contribution in [-0.2, 0) is 12.8 Å². The zero-order valence-electron chi connectivity index (χ0n) is 25.6. The second-order valence-corrected chi connectivity index (χ2v) is 16.7. The molecule has 0 radical (unpaired) electrons. The lowest BCUT2D eigenvalue weighted by Crippen LogP contribution is -1.86. The van der Waals surface area contributed by atoms with E-state index in [-0.39, 0.29) is 0 Å². The van der Waals surface area contributed by atoms with Gasteiger partial charge in [-0.3, -0.25) is 0 Å². The van der Waals surface area contributed by atoms with Crippen molar-refractivity contribution in [1.82, 2.24) is 8.75 Å². The summed E-state index contributed by atoms with van der Waals surface area (Å²) in [4.78, 5) is 11.0. The fourth-order valence-electron chi connectivity index (χ4n) is 5.77. The van der Waals surface area contributed by atoms with Gasteiger partial charge in [-0.25, -0.2) is 0 Å². The Kier molecular flexibility index (Phi) is 10.3. The molecule has 0 aliphatic rings. The molecule has 0 aliphatic carbocycles. The fraction of sp³-hybridized carbons (Fsp3) is 0.389. The van der Waals surface area contributed by atoms with Crippen molar-refractivity contribution in [3.8, 4) is 40.4 Å². The molecule has 0 saturated heterocycles. The topological polar surface area (TPSA) is 25.8 Å². The van der Waals surface area contributed by atoms with Crippen LogP contribution in [0.5, 0.6) is 0 Å². The maximum Gasteiger partial charge on any atom is 0.114 e. The highest BCUT2D eigenvalue weighted by atomic mass is 32.1. The largest absolute Gasteiger partial charge is 0.172 e. The molecule has 43 heavy (non-hydrogen) atoms. The maximum atomic E-state index is 4.89. The van der Waals surface area contributed by atoms with E-state index in [1.807, 2.05) is 45.3 Å². The average Bonchev–Trinajstić information content (AvgIpc) is 3.83. The first-order valence-corrected chi connectivity index (χ1v) is 19.7. The molecule has 5 aromatic heterocycles. The van der Waals surface area contributed by atoms with Gasteiger partial charge >= 0.3 is 0 Å². The van der Waals surface area contributed by atoms with E-state index in [2.05, 4.69) is 76.2 Å². The van der Waals surface area contributed by atoms with Gasteiger partial charge in [-0.1, -0.05) is 64.5 Å². The Balaban J connectivity index is 1.37. The normalized spacial score (nSPS) is 11.7. The molecule has 0 N–H and O–H groups in total. The number of thiophene rings is 4. The second kappa shape index (κ2) is 14.3. The lowest BCUT2D eigenvalue weighted by Gasteiger charge is -2.03. The smallest absolute Gasteiger partial charge is 0.114 e. The lowest BCUT2D eigenvalue weighted by atomic mass is 10.0. The first-order chi connectivity index (χ1) is 21.1. The van der Waals surface area contributed by atoms with Gasteiger partial charge in [0.25, 0.3) is 0 Å². The van der Waals surface area contributed by atoms with Gasteiger partial charge in [0.2, 0.25) is 0 Å². The van der Waals surface area contributed by atoms with Gasteiger partial charge in [0.15, 0.2) is 0 Å². The van der Waals surface area contributed by atoms with E-state index >= 15 is 0 Å². The van der Waals surface area contributed by atoms with Crippen molar-refractivity contribution in [3.63, 3.8) is 0 Å². The van der Waals surface area contributed by atoms with Crippen LogP contribution in [0.25, 0.3) is 51.4 Å². The van der Waals surface area contributed by atoms with Gasteiger partial charge in [-0.2, -0.15) is 8.75 Å². The van der Waals surface area contributed by atoms with Crippen molar-refractivity contribution in [3.05, 3.63) is 69.4 Å². The molecule has 0 bridgehead atoms. The number of rotatable bonds is 14. The van der Waals surface area contributed by atoms with Crippen molar-refractivity contribution in [1.29, 1.82) is 0 Å². The molecule has 2 nitrogen and oxygen atoms in total. The highest BCUT2D eigenvalue weighted by Crippen LogP contribution is 2.47. The summed E-state index contributed by atoms with van der Waals surface area (Å²) in [5.41, 5.74) is 7.50. The van der Waals surface area contributed by atoms with Crippen molar-refractivity contribution in [2.24, 2.45) is 0 Å². The first-order valence-electron chi connectivity index (χ1n) is 15.7. The Bertz CT molecular complexity index is 1660. The first kappa shape index (κ1) is 30.8. The molecule has 0 saturated carbocycles. The van der Waals surface area contributed by atoms with Gasteiger partial charge in [0.05, 0.1) is 11.7 Å². The summed E-state index contributed by atoms with van der Waals surface area (Å²) >= 11 is 9.03. The lowest BCUT2D eigenvalue weighted by molar-refractivity contribution is 0.668. The van der Waals surface area contributed by atoms with E-state index in [1.54, 1.807) is 0 Å². The zero-order chi connectivity index (χ0) is 29.8. The van der Waals surface area contributed by atoms with E-state index in [0.29, 0.717) is 0 Å². The number of hydrogen-bond donors (Lipinski definition) is 0. The third kappa shape index (κ3) is 6.91. The SMILES string of the molecule is CCCCCCc1cc(-c2ccc(-c3cc(CCCCCC)c(-c4ccc(C)s4)s3)c3nsnc23)sc1-c1ccc(C)s1. The van der Waals surface area contributed by atoms with Crippen LogP contribution in [0, 0.1) is 13.8 Å². The minimum Gasteiger partial charge on any atom is -0.172 e. The second-order valence-electron chi connectivity index (χ2n) is 11.5. The molecule has 0 atom stereocenters. The summed E-state index contributed by atoms with van der Waals surface area (Å²) in [6.07, 6.45) is 12.5. The summed E-state index contributed by atoms with van der Waals surface area (Å²) in [6.45, 7) is 8.99. The number of benzene rings is 1. The molecule has 0 unspecified atom stereocenters. The van der Waals surface area contributed by atoms with Crippen molar-refractivity contribution in [2.75, 3.05) is 0 Å². The Morgan fingerprint density at radius 1 is 0.512 bits per heavy atom. The predicted molar refractivity (Wildman–Crippen MR) is 196 cm³/mol. The van der Waals surface area contributed by atoms with Crippen LogP contribution in [0.3, 0.4) is 0 Å². The predicted octanol–water partition coefficient (Wildman–Crippen LogP) is 13.5. The molecular formula is C36H40N2S5. The van der Waals surface area contributed by atoms with Crippen molar-refractivity contribution >= 4 is 68.1 Å². The number of hydrogen-bond acceptors (Lipinski definition) is 7. The molecule has 224 valence electrons. The number of unbranched alkanes of at least 4 members (excludes halogenated alkanes) is 6. The van der Waals surface area contributed by atoms with Gasteiger partial charge in [0.1, 0.15) is 11.0 Å². The maximum absolute atomic E-state index is 4.89. The monoisotopic (exact) mass is 660 g/mol. The molecule has 0 fully saturated rings. The van der Waals surface area contributed by atoms with Gasteiger partial charge in [-0.15, -0.1) is 45.3 Å². The molecule has 1 aromatic carbocycles. The number of nitrogens with zero attached hydrogens (tertiary/aromatic N) is 2. The summed E-state index contributed by atoms with van der Waals surface area (Å²) in [5, 5.41) is 0. The Morgan fingerprint density at radius 3 is 1.37 bits per heavy atom. The van der Waals surface area contributed by atoms with E-state index in [9.17, 15) is 0 Å². The molecule has 7 heteroatoms. The Morgan fingerprint density at radius 2 is 0.977 bits per heavy atom. The summed E-state index contributed by atoms with van der Waals surface area (Å²) in [5.74, 6) is 0. The molecule has 0 spiro atoms. The highest BCUT2D eigenvalue weighted by Gasteiger charge is 2.21. The van der Waals surface area contributed by atoms with E-state index in [1.165, 1.54) is 124 Å². The number of fused-ring (bicyclic) bond motifs is 1. The third-order valence-corrected chi connectivity index (χ3v) is 13.4. The van der Waals surface area contributed by atoms with Gasteiger partial charge in [0, 0.05) is 50.1 Å². The van der Waals surface area contributed by atoms with Crippen LogP contribution in [0.1, 0.15) is 86.1 Å². The van der Waals surface area contributed by atoms with E-state index in [0.717, 1.165) is 23.9 Å². The van der Waals surface area contributed by atoms with E-state index < -0.39 is 0 Å². The quantitative estimate of drug-likeness (QED) is 0.109.